The highest BCUT2D eigenvalue weighted by Crippen LogP contribution is 2.35. The molecule has 0 radical (unpaired) electrons. The van der Waals surface area contributed by atoms with Crippen LogP contribution in [-0.4, -0.2) is 41.1 Å². The Morgan fingerprint density at radius 3 is 2.88 bits per heavy atom. The van der Waals surface area contributed by atoms with Gasteiger partial charge in [0.25, 0.3) is 10.0 Å². The summed E-state index contributed by atoms with van der Waals surface area (Å²) in [5, 5.41) is 0.520. The molecule has 0 fully saturated rings. The minimum absolute atomic E-state index is 0.0364. The Hall–Kier alpha value is -1.55. The van der Waals surface area contributed by atoms with Crippen molar-refractivity contribution in [2.45, 2.75) is 36.2 Å². The molecule has 0 aliphatic carbocycles. The van der Waals surface area contributed by atoms with Crippen molar-refractivity contribution < 1.29 is 13.2 Å². The minimum Gasteiger partial charge on any atom is -0.322 e. The van der Waals surface area contributed by atoms with Crippen molar-refractivity contribution in [3.05, 3.63) is 40.5 Å². The zero-order valence-corrected chi connectivity index (χ0v) is 16.4. The van der Waals surface area contributed by atoms with Crippen LogP contribution in [0.2, 0.25) is 5.15 Å². The van der Waals surface area contributed by atoms with Crippen molar-refractivity contribution in [2.75, 3.05) is 12.3 Å². The van der Waals surface area contributed by atoms with Gasteiger partial charge >= 0.3 is 0 Å². The van der Waals surface area contributed by atoms with Gasteiger partial charge in [-0.25, -0.2) is 13.4 Å². The minimum atomic E-state index is -3.97. The molecule has 138 valence electrons. The molecule has 2 aromatic rings. The molecular formula is C16H17ClN4O3S2. The molecule has 2 aliphatic heterocycles. The summed E-state index contributed by atoms with van der Waals surface area (Å²) in [6, 6.07) is 7.54. The summed E-state index contributed by atoms with van der Waals surface area (Å²) in [5.41, 5.74) is 1.81. The van der Waals surface area contributed by atoms with Gasteiger partial charge < -0.3 is 9.47 Å². The normalized spacial score (nSPS) is 19.3. The molecule has 4 rings (SSSR count). The molecular weight excluding hydrogens is 396 g/mol. The number of carbonyl (C=O) groups excluding carboxylic acids is 1. The molecule has 0 spiro atoms. The van der Waals surface area contributed by atoms with Gasteiger partial charge in [-0.1, -0.05) is 47.6 Å². The van der Waals surface area contributed by atoms with Gasteiger partial charge in [0.2, 0.25) is 5.91 Å². The number of imidazole rings is 1. The van der Waals surface area contributed by atoms with E-state index in [1.165, 1.54) is 23.6 Å². The number of rotatable bonds is 3. The molecule has 1 N–H and O–H groups in total. The summed E-state index contributed by atoms with van der Waals surface area (Å²) in [6.07, 6.45) is -0.0771. The Bertz CT molecular complexity index is 989. The van der Waals surface area contributed by atoms with Gasteiger partial charge in [0.1, 0.15) is 6.17 Å². The fourth-order valence-electron chi connectivity index (χ4n) is 3.42. The number of aromatic nitrogens is 2. The van der Waals surface area contributed by atoms with Gasteiger partial charge in [-0.3, -0.25) is 4.79 Å². The summed E-state index contributed by atoms with van der Waals surface area (Å²) >= 11 is 7.59. The molecule has 1 unspecified atom stereocenters. The lowest BCUT2D eigenvalue weighted by Gasteiger charge is -2.36. The summed E-state index contributed by atoms with van der Waals surface area (Å²) in [4.78, 5) is 17.8. The van der Waals surface area contributed by atoms with Gasteiger partial charge in [0.05, 0.1) is 0 Å². The number of carbonyl (C=O) groups is 1. The summed E-state index contributed by atoms with van der Waals surface area (Å²) in [5.74, 6) is 0.570. The van der Waals surface area contributed by atoms with Gasteiger partial charge in [-0.05, 0) is 17.5 Å². The zero-order chi connectivity index (χ0) is 18.5. The Morgan fingerprint density at radius 1 is 1.35 bits per heavy atom. The van der Waals surface area contributed by atoms with Gasteiger partial charge in [0.15, 0.2) is 15.3 Å². The first-order valence-corrected chi connectivity index (χ1v) is 11.0. The third-order valence-corrected chi connectivity index (χ3v) is 7.39. The second-order valence-electron chi connectivity index (χ2n) is 6.18. The SMILES string of the molecule is CC(=O)N1CCc2ccccc2C1NS(=O)(=O)c1c(Cl)nc2n1CCS2. The van der Waals surface area contributed by atoms with E-state index >= 15 is 0 Å². The molecule has 1 amide bonds. The van der Waals surface area contributed by atoms with E-state index in [4.69, 9.17) is 11.6 Å². The quantitative estimate of drug-likeness (QED) is 0.833. The molecule has 1 aromatic heterocycles. The predicted molar refractivity (Wildman–Crippen MR) is 98.6 cm³/mol. The van der Waals surface area contributed by atoms with Crippen LogP contribution in [0.5, 0.6) is 0 Å². The van der Waals surface area contributed by atoms with Crippen LogP contribution in [0.4, 0.5) is 0 Å². The molecule has 0 saturated carbocycles. The molecule has 1 atom stereocenters. The first-order chi connectivity index (χ1) is 12.4. The molecule has 0 bridgehead atoms. The van der Waals surface area contributed by atoms with Gasteiger partial charge in [-0.2, -0.15) is 4.72 Å². The van der Waals surface area contributed by atoms with Crippen molar-refractivity contribution in [2.24, 2.45) is 0 Å². The number of hydrogen-bond acceptors (Lipinski definition) is 5. The summed E-state index contributed by atoms with van der Waals surface area (Å²) in [6.45, 7) is 2.43. The maximum atomic E-state index is 13.1. The Balaban J connectivity index is 1.76. The number of nitrogens with one attached hydrogen (secondary N) is 1. The van der Waals surface area contributed by atoms with E-state index in [-0.39, 0.29) is 16.1 Å². The maximum absolute atomic E-state index is 13.1. The number of benzene rings is 1. The molecule has 2 aliphatic rings. The second-order valence-corrected chi connectivity index (χ2v) is 9.22. The molecule has 26 heavy (non-hydrogen) atoms. The first kappa shape index (κ1) is 17.8. The fraction of sp³-hybridized carbons (Fsp3) is 0.375. The van der Waals surface area contributed by atoms with Crippen molar-refractivity contribution >= 4 is 39.3 Å². The van der Waals surface area contributed by atoms with Crippen LogP contribution in [0.25, 0.3) is 0 Å². The van der Waals surface area contributed by atoms with Gasteiger partial charge in [0, 0.05) is 25.8 Å². The van der Waals surface area contributed by atoms with Crippen LogP contribution < -0.4 is 4.72 Å². The first-order valence-electron chi connectivity index (χ1n) is 8.14. The van der Waals surface area contributed by atoms with Gasteiger partial charge in [-0.15, -0.1) is 0 Å². The van der Waals surface area contributed by atoms with Crippen LogP contribution in [0.1, 0.15) is 24.2 Å². The maximum Gasteiger partial charge on any atom is 0.261 e. The number of thioether (sulfide) groups is 1. The molecule has 0 saturated heterocycles. The lowest BCUT2D eigenvalue weighted by atomic mass is 9.97. The van der Waals surface area contributed by atoms with E-state index in [1.54, 1.807) is 4.57 Å². The smallest absolute Gasteiger partial charge is 0.261 e. The van der Waals surface area contributed by atoms with E-state index in [2.05, 4.69) is 9.71 Å². The van der Waals surface area contributed by atoms with Crippen molar-refractivity contribution in [3.8, 4) is 0 Å². The standard InChI is InChI=1S/C16H17ClN4O3S2/c1-10(22)20-7-6-11-4-2-3-5-12(11)14(20)19-26(23,24)15-13(17)18-16-21(15)8-9-25-16/h2-5,14,19H,6-9H2,1H3. The molecule has 3 heterocycles. The Morgan fingerprint density at radius 2 is 2.12 bits per heavy atom. The molecule has 1 aromatic carbocycles. The average Bonchev–Trinajstić information content (AvgIpc) is 3.14. The highest BCUT2D eigenvalue weighted by atomic mass is 35.5. The Kier molecular flexibility index (Phi) is 4.50. The van der Waals surface area contributed by atoms with E-state index in [1.807, 2.05) is 24.3 Å². The van der Waals surface area contributed by atoms with E-state index in [9.17, 15) is 13.2 Å². The number of fused-ring (bicyclic) bond motifs is 2. The largest absolute Gasteiger partial charge is 0.322 e. The van der Waals surface area contributed by atoms with Crippen LogP contribution >= 0.6 is 23.4 Å². The van der Waals surface area contributed by atoms with Crippen LogP contribution in [0.3, 0.4) is 0 Å². The third-order valence-electron chi connectivity index (χ3n) is 4.60. The summed E-state index contributed by atoms with van der Waals surface area (Å²) < 4.78 is 30.5. The number of amides is 1. The molecule has 7 nitrogen and oxygen atoms in total. The zero-order valence-electron chi connectivity index (χ0n) is 14.0. The lowest BCUT2D eigenvalue weighted by Crippen LogP contribution is -2.47. The van der Waals surface area contributed by atoms with Crippen LogP contribution in [0.15, 0.2) is 34.4 Å². The van der Waals surface area contributed by atoms with E-state index in [0.29, 0.717) is 24.7 Å². The van der Waals surface area contributed by atoms with Crippen molar-refractivity contribution in [3.63, 3.8) is 0 Å². The van der Waals surface area contributed by atoms with Crippen LogP contribution in [-0.2, 0) is 27.8 Å². The predicted octanol–water partition coefficient (Wildman–Crippen LogP) is 2.02. The van der Waals surface area contributed by atoms with E-state index in [0.717, 1.165) is 16.9 Å². The average molecular weight is 413 g/mol. The van der Waals surface area contributed by atoms with Crippen LogP contribution in [0, 0.1) is 0 Å². The second kappa shape index (κ2) is 6.56. The number of halogens is 1. The monoisotopic (exact) mass is 412 g/mol. The lowest BCUT2D eigenvalue weighted by molar-refractivity contribution is -0.131. The van der Waals surface area contributed by atoms with Crippen molar-refractivity contribution in [1.82, 2.24) is 19.2 Å². The highest BCUT2D eigenvalue weighted by Gasteiger charge is 2.36. The Labute approximate surface area is 160 Å². The topological polar surface area (TPSA) is 84.3 Å². The van der Waals surface area contributed by atoms with E-state index < -0.39 is 16.2 Å². The summed E-state index contributed by atoms with van der Waals surface area (Å²) in [7, 11) is -3.97. The van der Waals surface area contributed by atoms with Crippen molar-refractivity contribution in [1.29, 1.82) is 0 Å². The number of hydrogen-bond donors (Lipinski definition) is 1. The molecule has 10 heteroatoms. The highest BCUT2D eigenvalue weighted by molar-refractivity contribution is 7.99. The number of sulfonamides is 1. The number of nitrogens with zero attached hydrogens (tertiary/aromatic N) is 3. The third kappa shape index (κ3) is 2.92. The fourth-order valence-corrected chi connectivity index (χ4v) is 6.36.